The van der Waals surface area contributed by atoms with Crippen molar-refractivity contribution in [1.82, 2.24) is 14.8 Å². The summed E-state index contributed by atoms with van der Waals surface area (Å²) in [6.45, 7) is 1.90. The lowest BCUT2D eigenvalue weighted by Crippen LogP contribution is -2.30. The van der Waals surface area contributed by atoms with Crippen molar-refractivity contribution in [3.05, 3.63) is 43.7 Å². The lowest BCUT2D eigenvalue weighted by atomic mass is 9.88. The fraction of sp³-hybridized carbons (Fsp3) is 0.480. The van der Waals surface area contributed by atoms with Gasteiger partial charge in [0.1, 0.15) is 5.69 Å². The van der Waals surface area contributed by atoms with Crippen LogP contribution in [-0.2, 0) is 27.3 Å². The molecule has 2 aliphatic rings. The molecule has 212 valence electrons. The molecule has 0 spiro atoms. The fourth-order valence-electron chi connectivity index (χ4n) is 4.01. The maximum atomic E-state index is 11.4. The van der Waals surface area contributed by atoms with Crippen LogP contribution in [-0.4, -0.2) is 66.1 Å². The van der Waals surface area contributed by atoms with Gasteiger partial charge in [0.15, 0.2) is 5.01 Å². The van der Waals surface area contributed by atoms with Gasteiger partial charge in [-0.15, -0.1) is 16.2 Å². The minimum atomic E-state index is -1.15. The number of hydrogen-bond donors (Lipinski definition) is 3. The molecule has 0 atom stereocenters. The van der Waals surface area contributed by atoms with Crippen molar-refractivity contribution < 1.29 is 19.2 Å². The number of nitroso groups, excluding NO2 is 1. The lowest BCUT2D eigenvalue weighted by molar-refractivity contribution is -0.134. The number of hydrogen-bond acceptors (Lipinski definition) is 9. The molecule has 0 saturated heterocycles. The van der Waals surface area contributed by atoms with Gasteiger partial charge in [0, 0.05) is 49.4 Å². The molecule has 1 saturated carbocycles. The first-order valence-electron chi connectivity index (χ1n) is 12.3. The van der Waals surface area contributed by atoms with Gasteiger partial charge in [-0.2, -0.15) is 0 Å². The normalized spacial score (nSPS) is 14.9. The molecule has 2 heterocycles. The van der Waals surface area contributed by atoms with Gasteiger partial charge in [0.05, 0.1) is 11.4 Å². The van der Waals surface area contributed by atoms with E-state index in [1.165, 1.54) is 53.7 Å². The van der Waals surface area contributed by atoms with Crippen molar-refractivity contribution in [3.63, 3.8) is 0 Å². The van der Waals surface area contributed by atoms with Crippen molar-refractivity contribution in [1.29, 1.82) is 0 Å². The molecule has 12 nitrogen and oxygen atoms in total. The summed E-state index contributed by atoms with van der Waals surface area (Å²) in [5.41, 5.74) is 10.9. The summed E-state index contributed by atoms with van der Waals surface area (Å²) in [6, 6.07) is 4.04. The highest BCUT2D eigenvalue weighted by molar-refractivity contribution is 7.13. The molecule has 4 amide bonds. The largest absolute Gasteiger partial charge is 0.364 e. The highest BCUT2D eigenvalue weighted by Gasteiger charge is 2.22. The van der Waals surface area contributed by atoms with E-state index >= 15 is 0 Å². The van der Waals surface area contributed by atoms with Crippen LogP contribution in [0.25, 0.3) is 0 Å². The molecular formula is C25H34ClN7O5S. The predicted molar refractivity (Wildman–Crippen MR) is 151 cm³/mol. The number of fused-ring (bicyclic) bond motifs is 1. The summed E-state index contributed by atoms with van der Waals surface area (Å²) >= 11 is 7.01. The molecular weight excluding hydrogens is 546 g/mol. The zero-order chi connectivity index (χ0) is 29.1. The van der Waals surface area contributed by atoms with E-state index in [0.29, 0.717) is 21.9 Å². The number of halogens is 1. The Kier molecular flexibility index (Phi) is 12.4. The molecule has 1 fully saturated rings. The Labute approximate surface area is 236 Å². The van der Waals surface area contributed by atoms with Gasteiger partial charge in [0.25, 0.3) is 5.91 Å². The average molecular weight is 580 g/mol. The summed E-state index contributed by atoms with van der Waals surface area (Å²) in [7, 11) is 5.75. The Hall–Kier alpha value is -3.42. The smallest absolute Gasteiger partial charge is 0.313 e. The Morgan fingerprint density at radius 2 is 1.82 bits per heavy atom. The zero-order valence-corrected chi connectivity index (χ0v) is 23.8. The second kappa shape index (κ2) is 15.2. The van der Waals surface area contributed by atoms with Gasteiger partial charge < -0.3 is 26.6 Å². The predicted octanol–water partition coefficient (Wildman–Crippen LogP) is 3.05. The van der Waals surface area contributed by atoms with Crippen LogP contribution in [0.3, 0.4) is 0 Å². The lowest BCUT2D eigenvalue weighted by Gasteiger charge is -2.23. The summed E-state index contributed by atoms with van der Waals surface area (Å²) in [6.07, 6.45) is 6.94. The highest BCUT2D eigenvalue weighted by atomic mass is 35.5. The van der Waals surface area contributed by atoms with Crippen molar-refractivity contribution in [2.75, 3.05) is 33.0 Å². The van der Waals surface area contributed by atoms with Gasteiger partial charge in [-0.3, -0.25) is 19.2 Å². The number of amides is 4. The topological polar surface area (TPSA) is 181 Å². The number of aromatic nitrogens is 1. The van der Waals surface area contributed by atoms with E-state index in [4.69, 9.17) is 23.1 Å². The summed E-state index contributed by atoms with van der Waals surface area (Å²) in [4.78, 5) is 63.3. The van der Waals surface area contributed by atoms with E-state index in [0.717, 1.165) is 38.0 Å². The third-order valence-corrected chi connectivity index (χ3v) is 7.39. The summed E-state index contributed by atoms with van der Waals surface area (Å²) in [5, 5.41) is 5.50. The molecule has 39 heavy (non-hydrogen) atoms. The molecule has 5 N–H and O–H groups in total. The third kappa shape index (κ3) is 10.0. The summed E-state index contributed by atoms with van der Waals surface area (Å²) < 4.78 is 0. The maximum absolute atomic E-state index is 11.4. The van der Waals surface area contributed by atoms with Crippen molar-refractivity contribution in [2.45, 2.75) is 45.1 Å². The number of rotatable bonds is 4. The average Bonchev–Trinajstić information content (AvgIpc) is 3.34. The molecule has 0 unspecified atom stereocenters. The number of nitrogens with zero attached hydrogens (tertiary/aromatic N) is 4. The maximum Gasteiger partial charge on any atom is 0.313 e. The van der Waals surface area contributed by atoms with Crippen molar-refractivity contribution in [2.24, 2.45) is 22.6 Å². The fourth-order valence-corrected chi connectivity index (χ4v) is 5.22. The quantitative estimate of drug-likeness (QED) is 0.367. The van der Waals surface area contributed by atoms with E-state index in [-0.39, 0.29) is 11.4 Å². The van der Waals surface area contributed by atoms with E-state index in [2.05, 4.69) is 27.4 Å². The zero-order valence-electron chi connectivity index (χ0n) is 22.2. The highest BCUT2D eigenvalue weighted by Crippen LogP contribution is 2.28. The number of likely N-dealkylation sites (N-methyl/N-ethyl adjacent to an activating group) is 1. The van der Waals surface area contributed by atoms with Crippen LogP contribution in [0, 0.1) is 10.8 Å². The van der Waals surface area contributed by atoms with Crippen LogP contribution in [0.5, 0.6) is 0 Å². The van der Waals surface area contributed by atoms with Crippen LogP contribution in [0.4, 0.5) is 11.4 Å². The summed E-state index contributed by atoms with van der Waals surface area (Å²) in [5.74, 6) is -1.94. The van der Waals surface area contributed by atoms with Gasteiger partial charge in [-0.25, -0.2) is 4.98 Å². The van der Waals surface area contributed by atoms with E-state index in [1.807, 2.05) is 14.1 Å². The molecule has 2 aromatic rings. The number of nitrogens with two attached hydrogens (primary N) is 2. The van der Waals surface area contributed by atoms with E-state index < -0.39 is 17.7 Å². The number of nitrogens with one attached hydrogen (secondary N) is 1. The van der Waals surface area contributed by atoms with Crippen LogP contribution >= 0.6 is 22.9 Å². The second-order valence-electron chi connectivity index (χ2n) is 9.38. The Balaban J connectivity index is 0.000000208. The Bertz CT molecular complexity index is 1200. The van der Waals surface area contributed by atoms with Crippen LogP contribution in [0.2, 0.25) is 5.02 Å². The Morgan fingerprint density at radius 1 is 1.15 bits per heavy atom. The minimum Gasteiger partial charge on any atom is -0.364 e. The molecule has 1 aromatic heterocycles. The number of carbonyl (C=O) groups excluding carboxylic acids is 4. The van der Waals surface area contributed by atoms with Crippen LogP contribution < -0.4 is 16.8 Å². The standard InChI is InChI=1S/C9H17NO.C8H6ClN3O3.C8H11N3OS/c1-10(2)9(11)8-6-4-3-5-7-8;9-4-1-2-5(6(3-4)12-15)11-8(14)7(10)13;1-11-3-2-5-6(4-11)13-8(10-5)7(9)12/h8H,3-7H2,1-2H3;1-3H,(H2,10,13)(H,11,14);2-4H2,1H3,(H2,9,12). The molecule has 1 aliphatic carbocycles. The number of primary amides is 2. The number of thiazole rings is 1. The van der Waals surface area contributed by atoms with Crippen molar-refractivity contribution in [3.8, 4) is 0 Å². The van der Waals surface area contributed by atoms with Crippen LogP contribution in [0.15, 0.2) is 23.4 Å². The van der Waals surface area contributed by atoms with Gasteiger partial charge in [-0.05, 0) is 43.3 Å². The number of benzene rings is 1. The van der Waals surface area contributed by atoms with E-state index in [1.54, 1.807) is 4.90 Å². The van der Waals surface area contributed by atoms with E-state index in [9.17, 15) is 24.1 Å². The molecule has 1 aliphatic heterocycles. The molecule has 4 rings (SSSR count). The molecule has 14 heteroatoms. The molecule has 1 aromatic carbocycles. The van der Waals surface area contributed by atoms with Gasteiger partial charge >= 0.3 is 11.8 Å². The second-order valence-corrected chi connectivity index (χ2v) is 10.9. The molecule has 0 bridgehead atoms. The van der Waals surface area contributed by atoms with Crippen molar-refractivity contribution >= 4 is 57.9 Å². The first-order chi connectivity index (χ1) is 18.4. The Morgan fingerprint density at radius 3 is 2.38 bits per heavy atom. The minimum absolute atomic E-state index is 0.0721. The monoisotopic (exact) mass is 579 g/mol. The number of carbonyl (C=O) groups is 4. The SMILES string of the molecule is CN(C)C(=O)C1CCCCC1.CN1CCc2nc(C(N)=O)sc2C1.NC(=O)C(=O)Nc1ccc(Cl)cc1N=O. The van der Waals surface area contributed by atoms with Crippen LogP contribution in [0.1, 0.15) is 52.5 Å². The first-order valence-corrected chi connectivity index (χ1v) is 13.5. The molecule has 0 radical (unpaired) electrons. The van der Waals surface area contributed by atoms with Gasteiger partial charge in [-0.1, -0.05) is 30.9 Å². The van der Waals surface area contributed by atoms with Gasteiger partial charge in [0.2, 0.25) is 5.91 Å². The first kappa shape index (κ1) is 31.8. The number of anilines is 1. The third-order valence-electron chi connectivity index (χ3n) is 6.06.